The second-order valence-corrected chi connectivity index (χ2v) is 5.85. The molecular weight excluding hydrogens is 318 g/mol. The van der Waals surface area contributed by atoms with E-state index in [1.807, 2.05) is 41.9 Å². The maximum Gasteiger partial charge on any atom is 0.427 e. The van der Waals surface area contributed by atoms with Crippen molar-refractivity contribution in [2.45, 2.75) is 26.7 Å². The highest BCUT2D eigenvalue weighted by Crippen LogP contribution is 2.28. The Bertz CT molecular complexity index is 748. The third kappa shape index (κ3) is 3.81. The van der Waals surface area contributed by atoms with Crippen molar-refractivity contribution in [1.29, 1.82) is 0 Å². The van der Waals surface area contributed by atoms with Gasteiger partial charge in [-0.25, -0.2) is 14.9 Å². The Kier molecular flexibility index (Phi) is 5.33. The van der Waals surface area contributed by atoms with Crippen molar-refractivity contribution in [3.8, 4) is 5.69 Å². The molecule has 3 rings (SSSR count). The van der Waals surface area contributed by atoms with Crippen LogP contribution in [0.1, 0.15) is 31.0 Å². The van der Waals surface area contributed by atoms with Crippen molar-refractivity contribution in [1.82, 2.24) is 15.2 Å². The Morgan fingerprint density at radius 1 is 1.32 bits per heavy atom. The van der Waals surface area contributed by atoms with Crippen molar-refractivity contribution in [2.75, 3.05) is 24.6 Å². The van der Waals surface area contributed by atoms with Crippen molar-refractivity contribution < 1.29 is 9.53 Å². The molecule has 0 spiro atoms. The summed E-state index contributed by atoms with van der Waals surface area (Å²) in [6.45, 7) is 5.99. The molecule has 1 amide bonds. The fraction of sp³-hybridized carbons (Fsp3) is 0.389. The van der Waals surface area contributed by atoms with E-state index in [0.29, 0.717) is 6.61 Å². The molecule has 1 fully saturated rings. The number of ether oxygens (including phenoxy) is 1. The summed E-state index contributed by atoms with van der Waals surface area (Å²) in [5, 5.41) is 8.73. The third-order valence-corrected chi connectivity index (χ3v) is 4.11. The average Bonchev–Trinajstić information content (AvgIpc) is 3.24. The highest BCUT2D eigenvalue weighted by Gasteiger charge is 2.23. The van der Waals surface area contributed by atoms with E-state index in [-0.39, 0.29) is 0 Å². The van der Waals surface area contributed by atoms with Gasteiger partial charge in [0.1, 0.15) is 5.82 Å². The van der Waals surface area contributed by atoms with Crippen molar-refractivity contribution in [3.63, 3.8) is 0 Å². The van der Waals surface area contributed by atoms with Gasteiger partial charge in [-0.1, -0.05) is 18.2 Å². The van der Waals surface area contributed by atoms with Crippen LogP contribution in [0.2, 0.25) is 0 Å². The summed E-state index contributed by atoms with van der Waals surface area (Å²) in [5.41, 5.74) is 5.15. The molecule has 1 aliphatic heterocycles. The van der Waals surface area contributed by atoms with Crippen molar-refractivity contribution in [2.24, 2.45) is 5.10 Å². The minimum atomic E-state index is -0.561. The molecule has 1 saturated heterocycles. The number of para-hydroxylation sites is 1. The van der Waals surface area contributed by atoms with Gasteiger partial charge in [-0.2, -0.15) is 10.2 Å². The Labute approximate surface area is 147 Å². The summed E-state index contributed by atoms with van der Waals surface area (Å²) in [7, 11) is 0. The zero-order valence-electron chi connectivity index (χ0n) is 14.6. The molecule has 7 heteroatoms. The van der Waals surface area contributed by atoms with Crippen LogP contribution in [0.15, 0.2) is 35.4 Å². The van der Waals surface area contributed by atoms with Gasteiger partial charge in [0, 0.05) is 13.1 Å². The van der Waals surface area contributed by atoms with E-state index in [1.165, 1.54) is 0 Å². The smallest absolute Gasteiger partial charge is 0.427 e. The number of amides is 1. The number of hydrogen-bond acceptors (Lipinski definition) is 5. The van der Waals surface area contributed by atoms with Crippen molar-refractivity contribution in [3.05, 3.63) is 41.6 Å². The third-order valence-electron chi connectivity index (χ3n) is 4.11. The van der Waals surface area contributed by atoms with E-state index in [1.54, 1.807) is 13.1 Å². The quantitative estimate of drug-likeness (QED) is 0.670. The van der Waals surface area contributed by atoms with Crippen LogP contribution < -0.4 is 10.3 Å². The van der Waals surface area contributed by atoms with Gasteiger partial charge in [0.2, 0.25) is 0 Å². The molecule has 1 N–H and O–H groups in total. The number of anilines is 1. The topological polar surface area (TPSA) is 71.7 Å². The maximum atomic E-state index is 11.4. The number of benzene rings is 1. The molecule has 2 aromatic rings. The fourth-order valence-corrected chi connectivity index (χ4v) is 2.97. The van der Waals surface area contributed by atoms with Crippen LogP contribution in [-0.4, -0.2) is 41.8 Å². The number of hydrogen-bond donors (Lipinski definition) is 1. The van der Waals surface area contributed by atoms with Gasteiger partial charge < -0.3 is 9.64 Å². The summed E-state index contributed by atoms with van der Waals surface area (Å²) >= 11 is 0. The van der Waals surface area contributed by atoms with E-state index in [9.17, 15) is 4.79 Å². The lowest BCUT2D eigenvalue weighted by atomic mass is 10.2. The average molecular weight is 341 g/mol. The molecular formula is C18H23N5O2. The van der Waals surface area contributed by atoms with Crippen LogP contribution in [0.4, 0.5) is 10.6 Å². The number of hydrazone groups is 1. The van der Waals surface area contributed by atoms with Crippen LogP contribution >= 0.6 is 0 Å². The van der Waals surface area contributed by atoms with Gasteiger partial charge in [0.15, 0.2) is 0 Å². The first-order chi connectivity index (χ1) is 12.2. The second-order valence-electron chi connectivity index (χ2n) is 5.85. The van der Waals surface area contributed by atoms with Crippen LogP contribution in [0.25, 0.3) is 5.69 Å². The predicted molar refractivity (Wildman–Crippen MR) is 97.5 cm³/mol. The van der Waals surface area contributed by atoms with Crippen LogP contribution in [0.3, 0.4) is 0 Å². The lowest BCUT2D eigenvalue weighted by molar-refractivity contribution is 0.152. The molecule has 1 aliphatic rings. The first kappa shape index (κ1) is 17.0. The Hall–Kier alpha value is -2.83. The first-order valence-corrected chi connectivity index (χ1v) is 8.56. The molecule has 7 nitrogen and oxygen atoms in total. The standard InChI is InChI=1S/C18H23N5O2/c1-3-25-18(24)20-19-13-16-14(2)21-23(15-9-5-4-6-10-15)17(16)22-11-7-8-12-22/h4-6,9-10,13H,3,7-8,11-12H2,1-2H3,(H,20,24). The molecule has 25 heavy (non-hydrogen) atoms. The normalized spacial score (nSPS) is 14.2. The van der Waals surface area contributed by atoms with E-state index >= 15 is 0 Å². The summed E-state index contributed by atoms with van der Waals surface area (Å²) in [6, 6.07) is 10.0. The molecule has 0 unspecified atom stereocenters. The molecule has 0 bridgehead atoms. The van der Waals surface area contributed by atoms with Gasteiger partial charge in [-0.15, -0.1) is 0 Å². The van der Waals surface area contributed by atoms with Crippen LogP contribution in [0.5, 0.6) is 0 Å². The number of aromatic nitrogens is 2. The molecule has 0 radical (unpaired) electrons. The summed E-state index contributed by atoms with van der Waals surface area (Å²) in [6.07, 6.45) is 3.41. The number of carbonyl (C=O) groups is 1. The monoisotopic (exact) mass is 341 g/mol. The van der Waals surface area contributed by atoms with Gasteiger partial charge in [-0.3, -0.25) is 0 Å². The summed E-state index contributed by atoms with van der Waals surface area (Å²) < 4.78 is 6.77. The minimum Gasteiger partial charge on any atom is -0.449 e. The Balaban J connectivity index is 1.95. The predicted octanol–water partition coefficient (Wildman–Crippen LogP) is 2.86. The largest absolute Gasteiger partial charge is 0.449 e. The molecule has 0 saturated carbocycles. The zero-order valence-corrected chi connectivity index (χ0v) is 14.6. The Morgan fingerprint density at radius 2 is 2.04 bits per heavy atom. The van der Waals surface area contributed by atoms with Gasteiger partial charge in [0.25, 0.3) is 0 Å². The zero-order chi connectivity index (χ0) is 17.6. The van der Waals surface area contributed by atoms with Gasteiger partial charge in [0.05, 0.1) is 29.8 Å². The molecule has 1 aromatic carbocycles. The number of rotatable bonds is 5. The number of nitrogens with one attached hydrogen (secondary N) is 1. The molecule has 132 valence electrons. The molecule has 0 aliphatic carbocycles. The second kappa shape index (κ2) is 7.83. The maximum absolute atomic E-state index is 11.4. The first-order valence-electron chi connectivity index (χ1n) is 8.56. The highest BCUT2D eigenvalue weighted by atomic mass is 16.5. The van der Waals surface area contributed by atoms with Gasteiger partial charge in [-0.05, 0) is 38.8 Å². The van der Waals surface area contributed by atoms with E-state index in [4.69, 9.17) is 9.84 Å². The Morgan fingerprint density at radius 3 is 2.72 bits per heavy atom. The molecule has 2 heterocycles. The molecule has 0 atom stereocenters. The number of carbonyl (C=O) groups excluding carboxylic acids is 1. The number of nitrogens with zero attached hydrogens (tertiary/aromatic N) is 4. The molecule has 1 aromatic heterocycles. The summed E-state index contributed by atoms with van der Waals surface area (Å²) in [5.74, 6) is 1.01. The van der Waals surface area contributed by atoms with E-state index in [0.717, 1.165) is 48.7 Å². The number of aryl methyl sites for hydroxylation is 1. The van der Waals surface area contributed by atoms with Crippen LogP contribution in [-0.2, 0) is 4.74 Å². The minimum absolute atomic E-state index is 0.311. The SMILES string of the molecule is CCOC(=O)NN=Cc1c(C)nn(-c2ccccc2)c1N1CCCC1. The highest BCUT2D eigenvalue weighted by molar-refractivity contribution is 5.89. The summed E-state index contributed by atoms with van der Waals surface area (Å²) in [4.78, 5) is 13.7. The van der Waals surface area contributed by atoms with Crippen LogP contribution in [0, 0.1) is 6.92 Å². The van der Waals surface area contributed by atoms with Crippen molar-refractivity contribution >= 4 is 18.1 Å². The van der Waals surface area contributed by atoms with Gasteiger partial charge >= 0.3 is 6.09 Å². The van der Waals surface area contributed by atoms with E-state index < -0.39 is 6.09 Å². The fourth-order valence-electron chi connectivity index (χ4n) is 2.97. The van der Waals surface area contributed by atoms with E-state index in [2.05, 4.69) is 15.4 Å². The lowest BCUT2D eigenvalue weighted by Gasteiger charge is -2.20. The lowest BCUT2D eigenvalue weighted by Crippen LogP contribution is -2.23.